The second-order valence-electron chi connectivity index (χ2n) is 4.55. The van der Waals surface area contributed by atoms with E-state index in [2.05, 4.69) is 24.1 Å². The van der Waals surface area contributed by atoms with E-state index in [4.69, 9.17) is 5.11 Å². The van der Waals surface area contributed by atoms with Crippen molar-refractivity contribution in [3.8, 4) is 0 Å². The van der Waals surface area contributed by atoms with Gasteiger partial charge in [-0.15, -0.1) is 6.58 Å². The van der Waals surface area contributed by atoms with Crippen LogP contribution in [-0.4, -0.2) is 29.2 Å². The van der Waals surface area contributed by atoms with Gasteiger partial charge in [0, 0.05) is 6.04 Å². The van der Waals surface area contributed by atoms with Gasteiger partial charge in [0.15, 0.2) is 0 Å². The van der Waals surface area contributed by atoms with Gasteiger partial charge < -0.3 is 15.7 Å². The van der Waals surface area contributed by atoms with Crippen molar-refractivity contribution in [3.63, 3.8) is 0 Å². The molecule has 1 fully saturated rings. The summed E-state index contributed by atoms with van der Waals surface area (Å²) in [4.78, 5) is 22.5. The standard InChI is InChI=1S/C12H20N2O3/c1-3-5-10(11(15)16)14-12(17)13-9-7-4-6-8(9)2/h3,8-10H,1,4-7H2,2H3,(H,15,16)(H2,13,14,17). The van der Waals surface area contributed by atoms with Crippen LogP contribution in [0.25, 0.3) is 0 Å². The van der Waals surface area contributed by atoms with Gasteiger partial charge in [-0.1, -0.05) is 19.4 Å². The summed E-state index contributed by atoms with van der Waals surface area (Å²) in [6.07, 6.45) is 4.90. The highest BCUT2D eigenvalue weighted by Crippen LogP contribution is 2.24. The van der Waals surface area contributed by atoms with E-state index in [0.717, 1.165) is 19.3 Å². The van der Waals surface area contributed by atoms with Crippen molar-refractivity contribution in [1.82, 2.24) is 10.6 Å². The van der Waals surface area contributed by atoms with Crippen LogP contribution in [0, 0.1) is 5.92 Å². The number of rotatable bonds is 5. The number of carbonyl (C=O) groups is 2. The number of carbonyl (C=O) groups excluding carboxylic acids is 1. The van der Waals surface area contributed by atoms with Crippen LogP contribution in [0.2, 0.25) is 0 Å². The summed E-state index contributed by atoms with van der Waals surface area (Å²) in [5.41, 5.74) is 0. The Hall–Kier alpha value is -1.52. The number of hydrogen-bond acceptors (Lipinski definition) is 2. The first kappa shape index (κ1) is 13.5. The lowest BCUT2D eigenvalue weighted by Crippen LogP contribution is -2.49. The first-order chi connectivity index (χ1) is 8.04. The lowest BCUT2D eigenvalue weighted by molar-refractivity contribution is -0.139. The van der Waals surface area contributed by atoms with E-state index in [0.29, 0.717) is 5.92 Å². The Bertz CT molecular complexity index is 304. The van der Waals surface area contributed by atoms with Crippen LogP contribution in [0.5, 0.6) is 0 Å². The largest absolute Gasteiger partial charge is 0.480 e. The molecular formula is C12H20N2O3. The molecule has 0 bridgehead atoms. The average molecular weight is 240 g/mol. The molecule has 0 heterocycles. The predicted octanol–water partition coefficient (Wildman–Crippen LogP) is 1.50. The molecule has 1 aliphatic rings. The Morgan fingerprint density at radius 3 is 2.71 bits per heavy atom. The number of hydrogen-bond donors (Lipinski definition) is 3. The second kappa shape index (κ2) is 6.27. The Balaban J connectivity index is 2.41. The highest BCUT2D eigenvalue weighted by Gasteiger charge is 2.26. The monoisotopic (exact) mass is 240 g/mol. The quantitative estimate of drug-likeness (QED) is 0.637. The third-order valence-electron chi connectivity index (χ3n) is 3.18. The molecule has 5 nitrogen and oxygen atoms in total. The first-order valence-electron chi connectivity index (χ1n) is 5.95. The van der Waals surface area contributed by atoms with Gasteiger partial charge in [0.2, 0.25) is 0 Å². The highest BCUT2D eigenvalue weighted by atomic mass is 16.4. The number of urea groups is 1. The van der Waals surface area contributed by atoms with E-state index >= 15 is 0 Å². The zero-order valence-electron chi connectivity index (χ0n) is 10.1. The van der Waals surface area contributed by atoms with E-state index in [1.807, 2.05) is 0 Å². The van der Waals surface area contributed by atoms with Crippen molar-refractivity contribution in [2.75, 3.05) is 0 Å². The van der Waals surface area contributed by atoms with Crippen LogP contribution in [0.15, 0.2) is 12.7 Å². The van der Waals surface area contributed by atoms with Crippen LogP contribution in [0.3, 0.4) is 0 Å². The molecule has 1 rings (SSSR count). The van der Waals surface area contributed by atoms with E-state index in [1.54, 1.807) is 0 Å². The van der Waals surface area contributed by atoms with Crippen LogP contribution in [0.4, 0.5) is 4.79 Å². The topological polar surface area (TPSA) is 78.4 Å². The smallest absolute Gasteiger partial charge is 0.326 e. The maximum Gasteiger partial charge on any atom is 0.326 e. The number of amides is 2. The second-order valence-corrected chi connectivity index (χ2v) is 4.55. The Morgan fingerprint density at radius 2 is 2.24 bits per heavy atom. The van der Waals surface area contributed by atoms with Gasteiger partial charge in [-0.05, 0) is 25.2 Å². The molecule has 3 atom stereocenters. The molecule has 1 aliphatic carbocycles. The molecule has 3 N–H and O–H groups in total. The summed E-state index contributed by atoms with van der Waals surface area (Å²) in [5.74, 6) is -0.581. The number of carboxylic acid groups (broad SMARTS) is 1. The van der Waals surface area contributed by atoms with E-state index in [9.17, 15) is 9.59 Å². The normalized spacial score (nSPS) is 25.0. The molecular weight excluding hydrogens is 220 g/mol. The molecule has 0 aliphatic heterocycles. The van der Waals surface area contributed by atoms with Gasteiger partial charge in [-0.3, -0.25) is 0 Å². The average Bonchev–Trinajstić information content (AvgIpc) is 2.63. The zero-order chi connectivity index (χ0) is 12.8. The predicted molar refractivity (Wildman–Crippen MR) is 64.7 cm³/mol. The molecule has 0 spiro atoms. The molecule has 0 aromatic carbocycles. The maximum absolute atomic E-state index is 11.6. The fraction of sp³-hybridized carbons (Fsp3) is 0.667. The summed E-state index contributed by atoms with van der Waals surface area (Å²) in [5, 5.41) is 14.1. The third kappa shape index (κ3) is 4.09. The molecule has 1 saturated carbocycles. The SMILES string of the molecule is C=CCC(NC(=O)NC1CCCC1C)C(=O)O. The fourth-order valence-corrected chi connectivity index (χ4v) is 2.12. The Morgan fingerprint density at radius 1 is 1.53 bits per heavy atom. The summed E-state index contributed by atoms with van der Waals surface area (Å²) >= 11 is 0. The molecule has 5 heteroatoms. The van der Waals surface area contributed by atoms with Gasteiger partial charge in [0.05, 0.1) is 0 Å². The van der Waals surface area contributed by atoms with E-state index in [-0.39, 0.29) is 12.5 Å². The minimum absolute atomic E-state index is 0.160. The third-order valence-corrected chi connectivity index (χ3v) is 3.18. The molecule has 17 heavy (non-hydrogen) atoms. The van der Waals surface area contributed by atoms with Gasteiger partial charge >= 0.3 is 12.0 Å². The van der Waals surface area contributed by atoms with Gasteiger partial charge in [-0.2, -0.15) is 0 Å². The highest BCUT2D eigenvalue weighted by molar-refractivity contribution is 5.82. The summed E-state index contributed by atoms with van der Waals surface area (Å²) < 4.78 is 0. The van der Waals surface area contributed by atoms with Crippen molar-refractivity contribution in [1.29, 1.82) is 0 Å². The molecule has 96 valence electrons. The molecule has 0 aromatic rings. The fourth-order valence-electron chi connectivity index (χ4n) is 2.12. The molecule has 3 unspecified atom stereocenters. The Kier molecular flexibility index (Phi) is 5.00. The Labute approximate surface area is 101 Å². The minimum atomic E-state index is -1.04. The maximum atomic E-state index is 11.6. The van der Waals surface area contributed by atoms with Crippen molar-refractivity contribution in [2.24, 2.45) is 5.92 Å². The van der Waals surface area contributed by atoms with Crippen LogP contribution in [0.1, 0.15) is 32.6 Å². The van der Waals surface area contributed by atoms with Crippen molar-refractivity contribution in [2.45, 2.75) is 44.7 Å². The summed E-state index contributed by atoms with van der Waals surface area (Å²) in [6.45, 7) is 5.56. The zero-order valence-corrected chi connectivity index (χ0v) is 10.1. The minimum Gasteiger partial charge on any atom is -0.480 e. The summed E-state index contributed by atoms with van der Waals surface area (Å²) in [6, 6.07) is -1.14. The lowest BCUT2D eigenvalue weighted by atomic mass is 10.1. The number of carboxylic acids is 1. The first-order valence-corrected chi connectivity index (χ1v) is 5.95. The van der Waals surface area contributed by atoms with Gasteiger partial charge in [-0.25, -0.2) is 9.59 Å². The van der Waals surface area contributed by atoms with E-state index < -0.39 is 18.0 Å². The molecule has 0 aromatic heterocycles. The van der Waals surface area contributed by atoms with Crippen LogP contribution >= 0.6 is 0 Å². The number of aliphatic carboxylic acids is 1. The van der Waals surface area contributed by atoms with Crippen LogP contribution in [-0.2, 0) is 4.79 Å². The molecule has 0 saturated heterocycles. The van der Waals surface area contributed by atoms with Crippen molar-refractivity contribution in [3.05, 3.63) is 12.7 Å². The van der Waals surface area contributed by atoms with Gasteiger partial charge in [0.1, 0.15) is 6.04 Å². The number of nitrogens with one attached hydrogen (secondary N) is 2. The van der Waals surface area contributed by atoms with Gasteiger partial charge in [0.25, 0.3) is 0 Å². The molecule has 2 amide bonds. The van der Waals surface area contributed by atoms with E-state index in [1.165, 1.54) is 6.08 Å². The summed E-state index contributed by atoms with van der Waals surface area (Å²) in [7, 11) is 0. The van der Waals surface area contributed by atoms with Crippen LogP contribution < -0.4 is 10.6 Å². The van der Waals surface area contributed by atoms with Crippen molar-refractivity contribution < 1.29 is 14.7 Å². The van der Waals surface area contributed by atoms with Crippen molar-refractivity contribution >= 4 is 12.0 Å². The molecule has 0 radical (unpaired) electrons. The lowest BCUT2D eigenvalue weighted by Gasteiger charge is -2.19.